The van der Waals surface area contributed by atoms with Crippen molar-refractivity contribution in [1.29, 1.82) is 0 Å². The van der Waals surface area contributed by atoms with Gasteiger partial charge in [-0.15, -0.1) is 0 Å². The summed E-state index contributed by atoms with van der Waals surface area (Å²) < 4.78 is 7.49. The summed E-state index contributed by atoms with van der Waals surface area (Å²) in [4.78, 5) is 4.12. The van der Waals surface area contributed by atoms with Crippen LogP contribution in [0.1, 0.15) is 22.4 Å². The first kappa shape index (κ1) is 15.8. The van der Waals surface area contributed by atoms with Crippen LogP contribution in [0.15, 0.2) is 59.8 Å². The van der Waals surface area contributed by atoms with E-state index >= 15 is 0 Å². The van der Waals surface area contributed by atoms with Crippen LogP contribution in [-0.2, 0) is 6.61 Å². The second-order valence-electron chi connectivity index (χ2n) is 5.64. The molecule has 0 amide bonds. The summed E-state index contributed by atoms with van der Waals surface area (Å²) in [6, 6.07) is 16.1. The first-order valence-corrected chi connectivity index (χ1v) is 7.75. The second-order valence-corrected chi connectivity index (χ2v) is 5.64. The molecule has 3 aromatic rings. The smallest absolute Gasteiger partial charge is 0.221 e. The summed E-state index contributed by atoms with van der Waals surface area (Å²) in [5, 5.41) is 4.35. The fourth-order valence-electron chi connectivity index (χ4n) is 2.28. The maximum absolute atomic E-state index is 5.94. The molecule has 5 nitrogen and oxygen atoms in total. The van der Waals surface area contributed by atoms with Gasteiger partial charge in [-0.1, -0.05) is 42.0 Å². The zero-order chi connectivity index (χ0) is 16.9. The molecule has 0 aliphatic rings. The van der Waals surface area contributed by atoms with Gasteiger partial charge in [0.25, 0.3) is 0 Å². The van der Waals surface area contributed by atoms with E-state index in [2.05, 4.69) is 41.3 Å². The SMILES string of the molecule is Cc1ccc(COc2ccccc2C=Nn2cc(C)nc2N)cc1. The Morgan fingerprint density at radius 1 is 1.12 bits per heavy atom. The molecular weight excluding hydrogens is 300 g/mol. The van der Waals surface area contributed by atoms with Crippen LogP contribution in [0.4, 0.5) is 5.95 Å². The number of aryl methyl sites for hydroxylation is 2. The molecule has 0 unspecified atom stereocenters. The molecule has 0 bridgehead atoms. The fraction of sp³-hybridized carbons (Fsp3) is 0.158. The van der Waals surface area contributed by atoms with Gasteiger partial charge in [0.05, 0.1) is 18.1 Å². The highest BCUT2D eigenvalue weighted by Gasteiger charge is 2.03. The number of aromatic nitrogens is 2. The van der Waals surface area contributed by atoms with Crippen LogP contribution in [0.5, 0.6) is 5.75 Å². The first-order valence-electron chi connectivity index (χ1n) is 7.75. The topological polar surface area (TPSA) is 65.4 Å². The minimum atomic E-state index is 0.363. The number of anilines is 1. The Hall–Kier alpha value is -3.08. The van der Waals surface area contributed by atoms with E-state index in [9.17, 15) is 0 Å². The molecule has 24 heavy (non-hydrogen) atoms. The van der Waals surface area contributed by atoms with Crippen LogP contribution in [0.3, 0.4) is 0 Å². The van der Waals surface area contributed by atoms with Crippen molar-refractivity contribution in [3.05, 3.63) is 77.1 Å². The maximum Gasteiger partial charge on any atom is 0.221 e. The number of benzene rings is 2. The molecule has 3 rings (SSSR count). The van der Waals surface area contributed by atoms with E-state index in [1.165, 1.54) is 5.56 Å². The molecule has 0 aliphatic carbocycles. The van der Waals surface area contributed by atoms with Crippen LogP contribution >= 0.6 is 0 Å². The molecule has 1 aromatic heterocycles. The third-order valence-electron chi connectivity index (χ3n) is 3.59. The summed E-state index contributed by atoms with van der Waals surface area (Å²) in [6.45, 7) is 4.46. The minimum Gasteiger partial charge on any atom is -0.488 e. The van der Waals surface area contributed by atoms with E-state index in [0.29, 0.717) is 12.6 Å². The van der Waals surface area contributed by atoms with Gasteiger partial charge in [0.1, 0.15) is 12.4 Å². The van der Waals surface area contributed by atoms with Crippen LogP contribution < -0.4 is 10.5 Å². The monoisotopic (exact) mass is 320 g/mol. The molecular formula is C19H20N4O. The van der Waals surface area contributed by atoms with Gasteiger partial charge in [-0.25, -0.2) is 9.66 Å². The van der Waals surface area contributed by atoms with E-state index in [4.69, 9.17) is 10.5 Å². The zero-order valence-corrected chi connectivity index (χ0v) is 13.8. The lowest BCUT2D eigenvalue weighted by molar-refractivity contribution is 0.306. The quantitative estimate of drug-likeness (QED) is 0.731. The van der Waals surface area contributed by atoms with Crippen LogP contribution in [0.25, 0.3) is 0 Å². The average Bonchev–Trinajstić information content (AvgIpc) is 2.91. The number of nitrogens with zero attached hydrogens (tertiary/aromatic N) is 3. The molecule has 0 aliphatic heterocycles. The Morgan fingerprint density at radius 3 is 2.58 bits per heavy atom. The summed E-state index contributed by atoms with van der Waals surface area (Å²) in [5.74, 6) is 1.14. The van der Waals surface area contributed by atoms with E-state index in [1.807, 2.05) is 31.2 Å². The third kappa shape index (κ3) is 3.81. The van der Waals surface area contributed by atoms with Crippen molar-refractivity contribution in [3.8, 4) is 5.75 Å². The molecule has 0 saturated carbocycles. The molecule has 0 fully saturated rings. The normalized spacial score (nSPS) is 11.1. The lowest BCUT2D eigenvalue weighted by atomic mass is 10.1. The average molecular weight is 320 g/mol. The number of hydrogen-bond acceptors (Lipinski definition) is 4. The molecule has 122 valence electrons. The van der Waals surface area contributed by atoms with Gasteiger partial charge >= 0.3 is 0 Å². The van der Waals surface area contributed by atoms with E-state index in [0.717, 1.165) is 22.6 Å². The Morgan fingerprint density at radius 2 is 1.88 bits per heavy atom. The highest BCUT2D eigenvalue weighted by atomic mass is 16.5. The first-order chi connectivity index (χ1) is 11.6. The number of rotatable bonds is 5. The summed E-state index contributed by atoms with van der Waals surface area (Å²) in [6.07, 6.45) is 3.50. The molecule has 2 N–H and O–H groups in total. The molecule has 2 aromatic carbocycles. The molecule has 0 atom stereocenters. The number of nitrogens with two attached hydrogens (primary N) is 1. The van der Waals surface area contributed by atoms with E-state index in [1.54, 1.807) is 17.1 Å². The van der Waals surface area contributed by atoms with Gasteiger partial charge in [0, 0.05) is 5.56 Å². The van der Waals surface area contributed by atoms with Crippen molar-refractivity contribution >= 4 is 12.2 Å². The van der Waals surface area contributed by atoms with Crippen molar-refractivity contribution in [1.82, 2.24) is 9.66 Å². The zero-order valence-electron chi connectivity index (χ0n) is 13.8. The molecule has 0 radical (unpaired) electrons. The maximum atomic E-state index is 5.94. The van der Waals surface area contributed by atoms with Crippen molar-refractivity contribution < 1.29 is 4.74 Å². The molecule has 0 saturated heterocycles. The molecule has 0 spiro atoms. The number of imidazole rings is 1. The highest BCUT2D eigenvalue weighted by Crippen LogP contribution is 2.18. The summed E-state index contributed by atoms with van der Waals surface area (Å²) in [5.41, 5.74) is 9.87. The Kier molecular flexibility index (Phi) is 4.61. The predicted molar refractivity (Wildman–Crippen MR) is 96.3 cm³/mol. The van der Waals surface area contributed by atoms with Crippen LogP contribution in [-0.4, -0.2) is 15.9 Å². The van der Waals surface area contributed by atoms with Gasteiger partial charge in [0.15, 0.2) is 0 Å². The Balaban J connectivity index is 1.75. The number of hydrogen-bond donors (Lipinski definition) is 1. The van der Waals surface area contributed by atoms with E-state index in [-0.39, 0.29) is 0 Å². The molecule has 5 heteroatoms. The van der Waals surface area contributed by atoms with Gasteiger partial charge in [-0.2, -0.15) is 5.10 Å². The van der Waals surface area contributed by atoms with Crippen LogP contribution in [0, 0.1) is 13.8 Å². The predicted octanol–water partition coefficient (Wildman–Crippen LogP) is 3.54. The standard InChI is InChI=1S/C19H20N4O/c1-14-7-9-16(10-8-14)13-24-18-6-4-3-5-17(18)11-21-23-12-15(2)22-19(23)20/h3-12H,13H2,1-2H3,(H2,20,22). The van der Waals surface area contributed by atoms with Crippen molar-refractivity contribution in [2.24, 2.45) is 5.10 Å². The lowest BCUT2D eigenvalue weighted by Crippen LogP contribution is -2.00. The highest BCUT2D eigenvalue weighted by molar-refractivity contribution is 5.83. The Labute approximate surface area is 141 Å². The third-order valence-corrected chi connectivity index (χ3v) is 3.59. The van der Waals surface area contributed by atoms with Gasteiger partial charge in [0.2, 0.25) is 5.95 Å². The lowest BCUT2D eigenvalue weighted by Gasteiger charge is -2.09. The minimum absolute atomic E-state index is 0.363. The molecule has 1 heterocycles. The number of nitrogen functional groups attached to an aromatic ring is 1. The Bertz CT molecular complexity index is 850. The fourth-order valence-corrected chi connectivity index (χ4v) is 2.28. The second kappa shape index (κ2) is 7.00. The summed E-state index contributed by atoms with van der Waals surface area (Å²) in [7, 11) is 0. The van der Waals surface area contributed by atoms with Gasteiger partial charge in [-0.3, -0.25) is 0 Å². The van der Waals surface area contributed by atoms with Crippen molar-refractivity contribution in [2.75, 3.05) is 5.73 Å². The van der Waals surface area contributed by atoms with Crippen molar-refractivity contribution in [3.63, 3.8) is 0 Å². The van der Waals surface area contributed by atoms with Crippen molar-refractivity contribution in [2.45, 2.75) is 20.5 Å². The van der Waals surface area contributed by atoms with E-state index < -0.39 is 0 Å². The largest absolute Gasteiger partial charge is 0.488 e. The summed E-state index contributed by atoms with van der Waals surface area (Å²) >= 11 is 0. The number of para-hydroxylation sites is 1. The van der Waals surface area contributed by atoms with Gasteiger partial charge < -0.3 is 10.5 Å². The number of ether oxygens (including phenoxy) is 1. The van der Waals surface area contributed by atoms with Gasteiger partial charge in [-0.05, 0) is 31.5 Å². The van der Waals surface area contributed by atoms with Crippen LogP contribution in [0.2, 0.25) is 0 Å².